The predicted octanol–water partition coefficient (Wildman–Crippen LogP) is 1.47. The van der Waals surface area contributed by atoms with E-state index in [1.807, 2.05) is 0 Å². The van der Waals surface area contributed by atoms with Crippen molar-refractivity contribution in [3.05, 3.63) is 59.2 Å². The average Bonchev–Trinajstić information content (AvgIpc) is 2.68. The predicted molar refractivity (Wildman–Crippen MR) is 107 cm³/mol. The largest absolute Gasteiger partial charge is 0.496 e. The molecule has 29 heavy (non-hydrogen) atoms. The third-order valence-electron chi connectivity index (χ3n) is 4.02. The molecule has 0 aliphatic carbocycles. The van der Waals surface area contributed by atoms with Gasteiger partial charge in [-0.25, -0.2) is 18.6 Å². The lowest BCUT2D eigenvalue weighted by atomic mass is 10.1. The Morgan fingerprint density at radius 2 is 1.93 bits per heavy atom. The zero-order valence-electron chi connectivity index (χ0n) is 16.1. The van der Waals surface area contributed by atoms with Crippen LogP contribution < -0.4 is 10.2 Å². The van der Waals surface area contributed by atoms with Gasteiger partial charge in [-0.15, -0.1) is 0 Å². The Balaban J connectivity index is 2.05. The average molecular weight is 419 g/mol. The SMILES string of the molecule is COc1ccc(S(=O)(=O)N(C)CC(=O)N/N=C/c2ccccc2C(=O)O)cc1C. The van der Waals surface area contributed by atoms with Gasteiger partial charge in [-0.3, -0.25) is 4.79 Å². The summed E-state index contributed by atoms with van der Waals surface area (Å²) in [6.45, 7) is 1.25. The lowest BCUT2D eigenvalue weighted by molar-refractivity contribution is -0.121. The molecule has 0 heterocycles. The number of aryl methyl sites for hydroxylation is 1. The van der Waals surface area contributed by atoms with Crippen molar-refractivity contribution in [1.82, 2.24) is 9.73 Å². The molecule has 2 aromatic carbocycles. The molecule has 2 aromatic rings. The lowest BCUT2D eigenvalue weighted by Crippen LogP contribution is -2.36. The highest BCUT2D eigenvalue weighted by molar-refractivity contribution is 7.89. The molecule has 0 radical (unpaired) electrons. The number of aromatic carboxylic acids is 1. The van der Waals surface area contributed by atoms with Gasteiger partial charge in [0.1, 0.15) is 5.75 Å². The second-order valence-electron chi connectivity index (χ2n) is 6.08. The summed E-state index contributed by atoms with van der Waals surface area (Å²) in [6, 6.07) is 10.5. The van der Waals surface area contributed by atoms with Crippen LogP contribution in [-0.4, -0.2) is 56.6 Å². The van der Waals surface area contributed by atoms with E-state index in [1.165, 1.54) is 44.6 Å². The molecule has 0 aliphatic rings. The van der Waals surface area contributed by atoms with Gasteiger partial charge in [0, 0.05) is 12.6 Å². The van der Waals surface area contributed by atoms with Crippen LogP contribution in [0.25, 0.3) is 0 Å². The standard InChI is InChI=1S/C19H21N3O6S/c1-13-10-15(8-9-17(13)28-3)29(26,27)22(2)12-18(23)21-20-11-14-6-4-5-7-16(14)19(24)25/h4-11H,12H2,1-3H3,(H,21,23)(H,24,25)/b20-11+. The van der Waals surface area contributed by atoms with E-state index in [1.54, 1.807) is 25.1 Å². The molecule has 0 fully saturated rings. The number of rotatable bonds is 8. The van der Waals surface area contributed by atoms with Gasteiger partial charge >= 0.3 is 5.97 Å². The maximum atomic E-state index is 12.6. The van der Waals surface area contributed by atoms with Crippen LogP contribution in [0.1, 0.15) is 21.5 Å². The number of ether oxygens (including phenoxy) is 1. The third-order valence-corrected chi connectivity index (χ3v) is 5.82. The van der Waals surface area contributed by atoms with Crippen molar-refractivity contribution in [3.8, 4) is 5.75 Å². The minimum Gasteiger partial charge on any atom is -0.496 e. The van der Waals surface area contributed by atoms with E-state index in [9.17, 15) is 18.0 Å². The number of methoxy groups -OCH3 is 1. The second-order valence-corrected chi connectivity index (χ2v) is 8.12. The molecule has 2 N–H and O–H groups in total. The number of carbonyl (C=O) groups excluding carboxylic acids is 1. The van der Waals surface area contributed by atoms with Crippen molar-refractivity contribution in [2.45, 2.75) is 11.8 Å². The Morgan fingerprint density at radius 1 is 1.24 bits per heavy atom. The van der Waals surface area contributed by atoms with Gasteiger partial charge in [0.25, 0.3) is 5.91 Å². The quantitative estimate of drug-likeness (QED) is 0.493. The smallest absolute Gasteiger partial charge is 0.336 e. The molecule has 0 spiro atoms. The third kappa shape index (κ3) is 5.39. The van der Waals surface area contributed by atoms with Gasteiger partial charge in [-0.05, 0) is 36.8 Å². The van der Waals surface area contributed by atoms with E-state index in [-0.39, 0.29) is 10.5 Å². The number of nitrogens with zero attached hydrogens (tertiary/aromatic N) is 2. The van der Waals surface area contributed by atoms with Crippen molar-refractivity contribution >= 4 is 28.1 Å². The van der Waals surface area contributed by atoms with Crippen LogP contribution in [-0.2, 0) is 14.8 Å². The van der Waals surface area contributed by atoms with Crippen molar-refractivity contribution in [2.24, 2.45) is 5.10 Å². The summed E-state index contributed by atoms with van der Waals surface area (Å²) in [5.74, 6) is -1.25. The number of benzene rings is 2. The van der Waals surface area contributed by atoms with Crippen LogP contribution in [0.15, 0.2) is 52.5 Å². The summed E-state index contributed by atoms with van der Waals surface area (Å²) in [7, 11) is -1.13. The second kappa shape index (κ2) is 9.30. The van der Waals surface area contributed by atoms with Gasteiger partial charge in [0.15, 0.2) is 0 Å². The molecule has 154 valence electrons. The molecular formula is C19H21N3O6S. The first kappa shape index (κ1) is 22.1. The number of carboxylic acids is 1. The summed E-state index contributed by atoms with van der Waals surface area (Å²) in [5.41, 5.74) is 3.17. The summed E-state index contributed by atoms with van der Waals surface area (Å²) < 4.78 is 31.3. The number of carboxylic acid groups (broad SMARTS) is 1. The molecular weight excluding hydrogens is 398 g/mol. The number of sulfonamides is 1. The summed E-state index contributed by atoms with van der Waals surface area (Å²) >= 11 is 0. The van der Waals surface area contributed by atoms with Gasteiger partial charge < -0.3 is 9.84 Å². The zero-order valence-corrected chi connectivity index (χ0v) is 16.9. The molecule has 0 unspecified atom stereocenters. The summed E-state index contributed by atoms with van der Waals surface area (Å²) in [5, 5.41) is 12.8. The number of carbonyl (C=O) groups is 2. The first-order valence-electron chi connectivity index (χ1n) is 8.42. The molecule has 2 rings (SSSR count). The Labute approximate surface area is 168 Å². The number of hydrogen-bond acceptors (Lipinski definition) is 6. The highest BCUT2D eigenvalue weighted by atomic mass is 32.2. The van der Waals surface area contributed by atoms with Gasteiger partial charge in [0.2, 0.25) is 10.0 Å². The van der Waals surface area contributed by atoms with E-state index in [4.69, 9.17) is 9.84 Å². The van der Waals surface area contributed by atoms with Crippen LogP contribution in [0.5, 0.6) is 5.75 Å². The normalized spacial score (nSPS) is 11.6. The highest BCUT2D eigenvalue weighted by Crippen LogP contribution is 2.23. The maximum Gasteiger partial charge on any atom is 0.336 e. The fraction of sp³-hybridized carbons (Fsp3) is 0.211. The van der Waals surface area contributed by atoms with Crippen LogP contribution in [0, 0.1) is 6.92 Å². The first-order valence-corrected chi connectivity index (χ1v) is 9.86. The fourth-order valence-electron chi connectivity index (χ4n) is 2.49. The van der Waals surface area contributed by atoms with Crippen LogP contribution in [0.3, 0.4) is 0 Å². The lowest BCUT2D eigenvalue weighted by Gasteiger charge is -2.17. The van der Waals surface area contributed by atoms with E-state index >= 15 is 0 Å². The maximum absolute atomic E-state index is 12.6. The number of likely N-dealkylation sites (N-methyl/N-ethyl adjacent to an activating group) is 1. The Bertz CT molecular complexity index is 1050. The molecule has 0 saturated carbocycles. The number of hydrazone groups is 1. The molecule has 0 aliphatic heterocycles. The molecule has 0 aromatic heterocycles. The van der Waals surface area contributed by atoms with Crippen molar-refractivity contribution in [1.29, 1.82) is 0 Å². The zero-order chi connectivity index (χ0) is 21.6. The molecule has 0 bridgehead atoms. The minimum absolute atomic E-state index is 0.0278. The molecule has 0 saturated heterocycles. The minimum atomic E-state index is -3.89. The van der Waals surface area contributed by atoms with Gasteiger partial charge in [0.05, 0.1) is 30.3 Å². The van der Waals surface area contributed by atoms with E-state index in [0.29, 0.717) is 16.9 Å². The van der Waals surface area contributed by atoms with Crippen LogP contribution in [0.2, 0.25) is 0 Å². The van der Waals surface area contributed by atoms with Crippen LogP contribution >= 0.6 is 0 Å². The Hall–Kier alpha value is -3.24. The Kier molecular flexibility index (Phi) is 7.08. The van der Waals surface area contributed by atoms with Crippen molar-refractivity contribution in [2.75, 3.05) is 20.7 Å². The van der Waals surface area contributed by atoms with E-state index < -0.39 is 28.4 Å². The first-order chi connectivity index (χ1) is 13.7. The molecule has 1 amide bonds. The highest BCUT2D eigenvalue weighted by Gasteiger charge is 2.23. The van der Waals surface area contributed by atoms with Gasteiger partial charge in [-0.2, -0.15) is 9.41 Å². The van der Waals surface area contributed by atoms with Crippen molar-refractivity contribution < 1.29 is 27.9 Å². The summed E-state index contributed by atoms with van der Waals surface area (Å²) in [6.07, 6.45) is 1.18. The fourth-order valence-corrected chi connectivity index (χ4v) is 3.70. The summed E-state index contributed by atoms with van der Waals surface area (Å²) in [4.78, 5) is 23.2. The number of hydrogen-bond donors (Lipinski definition) is 2. The van der Waals surface area contributed by atoms with Crippen molar-refractivity contribution in [3.63, 3.8) is 0 Å². The number of amides is 1. The number of nitrogens with one attached hydrogen (secondary N) is 1. The topological polar surface area (TPSA) is 125 Å². The van der Waals surface area contributed by atoms with Crippen LogP contribution in [0.4, 0.5) is 0 Å². The Morgan fingerprint density at radius 3 is 2.55 bits per heavy atom. The molecule has 10 heteroatoms. The molecule has 9 nitrogen and oxygen atoms in total. The van der Waals surface area contributed by atoms with E-state index in [0.717, 1.165) is 4.31 Å². The monoisotopic (exact) mass is 419 g/mol. The molecule has 0 atom stereocenters. The van der Waals surface area contributed by atoms with E-state index in [2.05, 4.69) is 10.5 Å². The van der Waals surface area contributed by atoms with Gasteiger partial charge in [-0.1, -0.05) is 18.2 Å².